The Labute approximate surface area is 328 Å². The first kappa shape index (κ1) is 37.6. The van der Waals surface area contributed by atoms with Gasteiger partial charge in [0.25, 0.3) is 11.8 Å². The average Bonchev–Trinajstić information content (AvgIpc) is 3.86. The third kappa shape index (κ3) is 7.52. The van der Waals surface area contributed by atoms with Gasteiger partial charge in [0.2, 0.25) is 5.16 Å². The summed E-state index contributed by atoms with van der Waals surface area (Å²) in [5.74, 6) is -1.91. The van der Waals surface area contributed by atoms with Crippen molar-refractivity contribution in [2.24, 2.45) is 5.16 Å². The summed E-state index contributed by atoms with van der Waals surface area (Å²) in [4.78, 5) is 52.4. The van der Waals surface area contributed by atoms with E-state index in [4.69, 9.17) is 9.82 Å². The maximum Gasteiger partial charge on any atom is 0.352 e. The van der Waals surface area contributed by atoms with E-state index >= 15 is 0 Å². The zero-order chi connectivity index (χ0) is 38.5. The number of amides is 2. The molecule has 0 radical (unpaired) electrons. The molecule has 2 aliphatic heterocycles. The van der Waals surface area contributed by atoms with Gasteiger partial charge in [-0.1, -0.05) is 113 Å². The number of tetrazole rings is 1. The molecule has 4 N–H and O–H groups in total. The molecule has 5 aromatic rings. The number of nitrogens with zero attached hydrogens (tertiary/aromatic N) is 7. The number of hydrogen-bond donors (Lipinski definition) is 4. The fraction of sp³-hybridized carbons (Fsp3) is 0.243. The van der Waals surface area contributed by atoms with Crippen LogP contribution in [0.25, 0.3) is 0 Å². The average molecular weight is 797 g/mol. The number of fused-ring (bicyclic) bond motifs is 1. The van der Waals surface area contributed by atoms with Crippen LogP contribution in [0.4, 0.5) is 5.13 Å². The molecule has 0 bridgehead atoms. The fourth-order valence-corrected chi connectivity index (χ4v) is 9.50. The van der Waals surface area contributed by atoms with Crippen molar-refractivity contribution in [2.75, 3.05) is 29.4 Å². The molecule has 2 aromatic heterocycles. The predicted molar refractivity (Wildman–Crippen MR) is 211 cm³/mol. The van der Waals surface area contributed by atoms with Gasteiger partial charge in [-0.25, -0.2) is 9.78 Å². The van der Waals surface area contributed by atoms with E-state index < -0.39 is 34.7 Å². The number of β-lactam (4-membered cyclic amide) rings is 1. The van der Waals surface area contributed by atoms with Crippen molar-refractivity contribution in [2.45, 2.75) is 42.0 Å². The van der Waals surface area contributed by atoms with E-state index in [2.05, 4.69) is 73.1 Å². The molecule has 1 fully saturated rings. The topological polar surface area (TPSA) is 189 Å². The van der Waals surface area contributed by atoms with E-state index in [9.17, 15) is 19.5 Å². The minimum absolute atomic E-state index is 0.0653. The molecule has 2 amide bonds. The van der Waals surface area contributed by atoms with Gasteiger partial charge in [0, 0.05) is 22.9 Å². The molecule has 2 aliphatic rings. The highest BCUT2D eigenvalue weighted by Crippen LogP contribution is 2.42. The van der Waals surface area contributed by atoms with Crippen molar-refractivity contribution < 1.29 is 24.3 Å². The summed E-state index contributed by atoms with van der Waals surface area (Å²) in [5, 5.41) is 34.3. The predicted octanol–water partition coefficient (Wildman–Crippen LogP) is 4.37. The first-order valence-corrected chi connectivity index (χ1v) is 20.0. The second kappa shape index (κ2) is 16.3. The van der Waals surface area contributed by atoms with Crippen molar-refractivity contribution in [3.05, 3.63) is 130 Å². The van der Waals surface area contributed by atoms with Gasteiger partial charge in [-0.05, 0) is 46.5 Å². The highest BCUT2D eigenvalue weighted by molar-refractivity contribution is 8.01. The first-order valence-electron chi connectivity index (χ1n) is 17.1. The third-order valence-electron chi connectivity index (χ3n) is 8.79. The fourth-order valence-electron chi connectivity index (χ4n) is 6.43. The largest absolute Gasteiger partial charge is 0.477 e. The van der Waals surface area contributed by atoms with Crippen molar-refractivity contribution in [1.82, 2.24) is 35.5 Å². The number of rotatable bonds is 15. The summed E-state index contributed by atoms with van der Waals surface area (Å²) in [6.45, 7) is 3.88. The zero-order valence-electron chi connectivity index (χ0n) is 29.8. The Morgan fingerprint density at radius 1 is 1.02 bits per heavy atom. The van der Waals surface area contributed by atoms with Gasteiger partial charge in [0.15, 0.2) is 10.8 Å². The molecule has 0 aliphatic carbocycles. The number of hydrogen-bond acceptors (Lipinski definition) is 14. The molecule has 3 aromatic carbocycles. The quantitative estimate of drug-likeness (QED) is 0.0385. The van der Waals surface area contributed by atoms with Gasteiger partial charge in [0.1, 0.15) is 35.5 Å². The molecule has 4 heterocycles. The lowest BCUT2D eigenvalue weighted by atomic mass is 9.77. The van der Waals surface area contributed by atoms with Crippen molar-refractivity contribution in [3.8, 4) is 0 Å². The Balaban J connectivity index is 1.11. The van der Waals surface area contributed by atoms with Crippen molar-refractivity contribution in [1.29, 1.82) is 0 Å². The summed E-state index contributed by atoms with van der Waals surface area (Å²) in [6, 6.07) is 29.2. The number of carboxylic acids is 1. The van der Waals surface area contributed by atoms with Crippen LogP contribution in [-0.2, 0) is 24.8 Å². The number of aliphatic carboxylic acids is 1. The van der Waals surface area contributed by atoms with Crippen LogP contribution in [0.2, 0.25) is 0 Å². The molecule has 18 heteroatoms. The molecule has 0 spiro atoms. The maximum absolute atomic E-state index is 13.8. The summed E-state index contributed by atoms with van der Waals surface area (Å²) in [6.07, 6.45) is 0. The molecule has 0 saturated carbocycles. The number of carbonyl (C=O) groups excluding carboxylic acids is 2. The number of nitrogens with one attached hydrogen (secondary N) is 3. The lowest BCUT2D eigenvalue weighted by Gasteiger charge is -2.49. The number of oxime groups is 1. The van der Waals surface area contributed by atoms with Gasteiger partial charge in [0.05, 0.1) is 0 Å². The molecule has 1 saturated heterocycles. The molecular formula is C37H36N10O5S3. The lowest BCUT2D eigenvalue weighted by molar-refractivity contribution is -0.150. The van der Waals surface area contributed by atoms with Crippen LogP contribution >= 0.6 is 34.9 Å². The van der Waals surface area contributed by atoms with Crippen LogP contribution in [0.15, 0.2) is 118 Å². The summed E-state index contributed by atoms with van der Waals surface area (Å²) >= 11 is 3.90. The molecule has 15 nitrogen and oxygen atoms in total. The molecule has 282 valence electrons. The van der Waals surface area contributed by atoms with Crippen LogP contribution in [0.3, 0.4) is 0 Å². The molecule has 0 unspecified atom stereocenters. The normalized spacial score (nSPS) is 17.1. The minimum atomic E-state index is -1.24. The van der Waals surface area contributed by atoms with Crippen molar-refractivity contribution in [3.63, 3.8) is 0 Å². The first-order chi connectivity index (χ1) is 26.7. The molecule has 7 rings (SSSR count). The maximum atomic E-state index is 13.8. The van der Waals surface area contributed by atoms with Crippen molar-refractivity contribution >= 4 is 63.5 Å². The number of aromatic nitrogens is 5. The second-order valence-electron chi connectivity index (χ2n) is 12.7. The standard InChI is InChI=1S/C37H36N10O5S3/c1-22(2)42-47-36(41-44-45-47)55-20-23-19-53-33-29(32(49)46(33)30(23)34(50)51)39-31(48)28(43-52-3)27-21-54-35(38-27)40-37(24-13-7-4-8-14-24,25-15-9-5-10-16-25)26-17-11-6-12-18-26/h4-18,21-22,29,33,42H,19-20H2,1-3H3,(H,38,40)(H,39,48)(H,50,51)/b43-28-/t29-,33-/m1/s1. The Hall–Kier alpha value is -5.72. The summed E-state index contributed by atoms with van der Waals surface area (Å²) in [7, 11) is 1.32. The molecule has 2 atom stereocenters. The van der Waals surface area contributed by atoms with Gasteiger partial charge in [-0.2, -0.15) is 0 Å². The van der Waals surface area contributed by atoms with Crippen LogP contribution < -0.4 is 16.1 Å². The SMILES string of the molecule is CO/N=C(\C(=O)N[C@@H]1C(=O)N2C(C(=O)O)=C(CSc3nnnn3NC(C)C)CS[C@H]12)c1csc(NC(c2ccccc2)(c2ccccc2)c2ccccc2)n1. The smallest absolute Gasteiger partial charge is 0.352 e. The highest BCUT2D eigenvalue weighted by Gasteiger charge is 2.54. The van der Waals surface area contributed by atoms with Crippen LogP contribution in [-0.4, -0.2) is 94.9 Å². The number of thioether (sulfide) groups is 2. The third-order valence-corrected chi connectivity index (χ3v) is 11.9. The lowest BCUT2D eigenvalue weighted by Crippen LogP contribution is -2.71. The zero-order valence-corrected chi connectivity index (χ0v) is 32.3. The number of anilines is 1. The Bertz CT molecular complexity index is 2130. The van der Waals surface area contributed by atoms with Gasteiger partial charge >= 0.3 is 5.97 Å². The van der Waals surface area contributed by atoms with Crippen LogP contribution in [0.5, 0.6) is 0 Å². The van der Waals surface area contributed by atoms with Gasteiger partial charge in [-0.15, -0.1) is 27.9 Å². The number of thiazole rings is 1. The van der Waals surface area contributed by atoms with E-state index in [1.54, 1.807) is 5.38 Å². The number of carbonyl (C=O) groups is 3. The van der Waals surface area contributed by atoms with E-state index in [1.807, 2.05) is 68.4 Å². The number of benzene rings is 3. The minimum Gasteiger partial charge on any atom is -0.477 e. The van der Waals surface area contributed by atoms with E-state index in [0.29, 0.717) is 21.6 Å². The van der Waals surface area contributed by atoms with E-state index in [1.165, 1.54) is 51.7 Å². The van der Waals surface area contributed by atoms with Crippen LogP contribution in [0.1, 0.15) is 36.2 Å². The Morgan fingerprint density at radius 3 is 2.20 bits per heavy atom. The van der Waals surface area contributed by atoms with E-state index in [-0.39, 0.29) is 28.9 Å². The van der Waals surface area contributed by atoms with Gasteiger partial charge in [-0.3, -0.25) is 14.5 Å². The van der Waals surface area contributed by atoms with E-state index in [0.717, 1.165) is 16.7 Å². The second-order valence-corrected chi connectivity index (χ2v) is 15.6. The highest BCUT2D eigenvalue weighted by atomic mass is 32.2. The van der Waals surface area contributed by atoms with Crippen LogP contribution in [0, 0.1) is 0 Å². The summed E-state index contributed by atoms with van der Waals surface area (Å²) in [5.41, 5.74) is 5.69. The number of carboxylic acid groups (broad SMARTS) is 1. The summed E-state index contributed by atoms with van der Waals surface area (Å²) < 4.78 is 0. The molecule has 55 heavy (non-hydrogen) atoms. The van der Waals surface area contributed by atoms with Gasteiger partial charge < -0.3 is 26.0 Å². The Morgan fingerprint density at radius 2 is 1.64 bits per heavy atom. The monoisotopic (exact) mass is 796 g/mol. The molecular weight excluding hydrogens is 761 g/mol. The Kier molecular flexibility index (Phi) is 11.2.